The van der Waals surface area contributed by atoms with E-state index in [4.69, 9.17) is 5.73 Å². The number of anilines is 1. The predicted molar refractivity (Wildman–Crippen MR) is 64.0 cm³/mol. The lowest BCUT2D eigenvalue weighted by Crippen LogP contribution is -2.25. The number of nitrogens with one attached hydrogen (secondary N) is 1. The molecular formula is C12H10F2N4O. The molecule has 0 aliphatic heterocycles. The normalized spacial score (nSPS) is 10.2. The third-order valence-electron chi connectivity index (χ3n) is 2.38. The molecule has 0 aliphatic carbocycles. The van der Waals surface area contributed by atoms with Gasteiger partial charge < -0.3 is 11.1 Å². The maximum atomic E-state index is 13.0. The van der Waals surface area contributed by atoms with Gasteiger partial charge in [0.2, 0.25) is 0 Å². The van der Waals surface area contributed by atoms with Crippen LogP contribution in [0, 0.1) is 11.6 Å². The molecule has 2 aromatic rings. The SMILES string of the molecule is Nc1nccnc1C(=O)NCc1ccc(F)c(F)c1. The van der Waals surface area contributed by atoms with Crippen molar-refractivity contribution in [3.8, 4) is 0 Å². The summed E-state index contributed by atoms with van der Waals surface area (Å²) in [6.45, 7) is 0.0338. The molecular weight excluding hydrogens is 254 g/mol. The molecule has 1 amide bonds. The summed E-state index contributed by atoms with van der Waals surface area (Å²) < 4.78 is 25.7. The maximum absolute atomic E-state index is 13.0. The summed E-state index contributed by atoms with van der Waals surface area (Å²) in [5.74, 6) is -2.43. The number of rotatable bonds is 3. The van der Waals surface area contributed by atoms with Gasteiger partial charge in [0.05, 0.1) is 0 Å². The molecule has 0 unspecified atom stereocenters. The van der Waals surface area contributed by atoms with Crippen LogP contribution in [0.2, 0.25) is 0 Å². The Morgan fingerprint density at radius 2 is 1.95 bits per heavy atom. The molecule has 0 bridgehead atoms. The first-order valence-corrected chi connectivity index (χ1v) is 5.36. The summed E-state index contributed by atoms with van der Waals surface area (Å²) in [6, 6.07) is 3.38. The standard InChI is InChI=1S/C12H10F2N4O/c13-8-2-1-7(5-9(8)14)6-18-12(19)10-11(15)17-4-3-16-10/h1-5H,6H2,(H2,15,17)(H,18,19). The van der Waals surface area contributed by atoms with Gasteiger partial charge in [0, 0.05) is 18.9 Å². The van der Waals surface area contributed by atoms with E-state index in [0.29, 0.717) is 5.56 Å². The van der Waals surface area contributed by atoms with E-state index in [9.17, 15) is 13.6 Å². The zero-order valence-electron chi connectivity index (χ0n) is 9.73. The van der Waals surface area contributed by atoms with Crippen LogP contribution in [0.15, 0.2) is 30.6 Å². The molecule has 0 saturated heterocycles. The topological polar surface area (TPSA) is 80.9 Å². The van der Waals surface area contributed by atoms with E-state index >= 15 is 0 Å². The zero-order valence-corrected chi connectivity index (χ0v) is 9.73. The van der Waals surface area contributed by atoms with Crippen LogP contribution in [-0.2, 0) is 6.54 Å². The van der Waals surface area contributed by atoms with Crippen LogP contribution in [0.1, 0.15) is 16.1 Å². The summed E-state index contributed by atoms with van der Waals surface area (Å²) in [7, 11) is 0. The van der Waals surface area contributed by atoms with E-state index in [1.165, 1.54) is 18.5 Å². The van der Waals surface area contributed by atoms with E-state index < -0.39 is 17.5 Å². The lowest BCUT2D eigenvalue weighted by Gasteiger charge is -2.06. The molecule has 0 aliphatic rings. The monoisotopic (exact) mass is 264 g/mol. The predicted octanol–water partition coefficient (Wildman–Crippen LogP) is 1.27. The Morgan fingerprint density at radius 1 is 1.21 bits per heavy atom. The Morgan fingerprint density at radius 3 is 2.63 bits per heavy atom. The summed E-state index contributed by atoms with van der Waals surface area (Å²) in [4.78, 5) is 19.2. The van der Waals surface area contributed by atoms with E-state index in [2.05, 4.69) is 15.3 Å². The lowest BCUT2D eigenvalue weighted by molar-refractivity contribution is 0.0946. The Hall–Kier alpha value is -2.57. The van der Waals surface area contributed by atoms with Gasteiger partial charge in [-0.1, -0.05) is 6.07 Å². The number of nitrogen functional groups attached to an aromatic ring is 1. The number of halogens is 2. The molecule has 1 aromatic heterocycles. The van der Waals surface area contributed by atoms with Gasteiger partial charge in [-0.2, -0.15) is 0 Å². The average molecular weight is 264 g/mol. The molecule has 1 heterocycles. The average Bonchev–Trinajstić information content (AvgIpc) is 2.40. The van der Waals surface area contributed by atoms with Gasteiger partial charge in [0.25, 0.3) is 5.91 Å². The molecule has 19 heavy (non-hydrogen) atoms. The number of hydrogen-bond donors (Lipinski definition) is 2. The Kier molecular flexibility index (Phi) is 3.65. The molecule has 7 heteroatoms. The van der Waals surface area contributed by atoms with Crippen molar-refractivity contribution >= 4 is 11.7 Å². The Bertz CT molecular complexity index is 618. The highest BCUT2D eigenvalue weighted by Gasteiger charge is 2.11. The van der Waals surface area contributed by atoms with E-state index in [1.807, 2.05) is 0 Å². The Balaban J connectivity index is 2.04. The largest absolute Gasteiger partial charge is 0.382 e. The third-order valence-corrected chi connectivity index (χ3v) is 2.38. The molecule has 5 nitrogen and oxygen atoms in total. The number of aromatic nitrogens is 2. The highest BCUT2D eigenvalue weighted by Crippen LogP contribution is 2.09. The molecule has 3 N–H and O–H groups in total. The number of hydrogen-bond acceptors (Lipinski definition) is 4. The van der Waals surface area contributed by atoms with Gasteiger partial charge in [-0.3, -0.25) is 4.79 Å². The van der Waals surface area contributed by atoms with Gasteiger partial charge in [0.15, 0.2) is 23.1 Å². The van der Waals surface area contributed by atoms with Crippen LogP contribution in [0.5, 0.6) is 0 Å². The van der Waals surface area contributed by atoms with Gasteiger partial charge in [-0.05, 0) is 17.7 Å². The number of benzene rings is 1. The minimum absolute atomic E-state index is 0.00490. The second-order valence-corrected chi connectivity index (χ2v) is 3.72. The Labute approximate surface area is 107 Å². The van der Waals surface area contributed by atoms with Crippen molar-refractivity contribution in [2.45, 2.75) is 6.54 Å². The van der Waals surface area contributed by atoms with E-state index in [0.717, 1.165) is 12.1 Å². The van der Waals surface area contributed by atoms with Crippen LogP contribution in [0.25, 0.3) is 0 Å². The molecule has 1 aromatic carbocycles. The highest BCUT2D eigenvalue weighted by molar-refractivity contribution is 5.96. The van der Waals surface area contributed by atoms with E-state index in [1.54, 1.807) is 0 Å². The van der Waals surface area contributed by atoms with Crippen molar-refractivity contribution in [2.75, 3.05) is 5.73 Å². The summed E-state index contributed by atoms with van der Waals surface area (Å²) >= 11 is 0. The number of carbonyl (C=O) groups is 1. The number of carbonyl (C=O) groups excluding carboxylic acids is 1. The van der Waals surface area contributed by atoms with Gasteiger partial charge in [-0.25, -0.2) is 18.7 Å². The fourth-order valence-electron chi connectivity index (χ4n) is 1.44. The summed E-state index contributed by atoms with van der Waals surface area (Å²) in [6.07, 6.45) is 2.70. The second kappa shape index (κ2) is 5.38. The molecule has 98 valence electrons. The molecule has 0 spiro atoms. The third kappa shape index (κ3) is 3.01. The second-order valence-electron chi connectivity index (χ2n) is 3.72. The lowest BCUT2D eigenvalue weighted by atomic mass is 10.2. The zero-order chi connectivity index (χ0) is 13.8. The van der Waals surface area contributed by atoms with Crippen LogP contribution >= 0.6 is 0 Å². The minimum atomic E-state index is -0.967. The quantitative estimate of drug-likeness (QED) is 0.874. The van der Waals surface area contributed by atoms with Gasteiger partial charge >= 0.3 is 0 Å². The van der Waals surface area contributed by atoms with Crippen LogP contribution in [-0.4, -0.2) is 15.9 Å². The first-order valence-electron chi connectivity index (χ1n) is 5.36. The summed E-state index contributed by atoms with van der Waals surface area (Å²) in [5.41, 5.74) is 5.91. The van der Waals surface area contributed by atoms with Crippen molar-refractivity contribution < 1.29 is 13.6 Å². The number of amides is 1. The van der Waals surface area contributed by atoms with Crippen molar-refractivity contribution in [3.05, 3.63) is 53.5 Å². The summed E-state index contributed by atoms with van der Waals surface area (Å²) in [5, 5.41) is 2.49. The smallest absolute Gasteiger partial charge is 0.273 e. The van der Waals surface area contributed by atoms with Gasteiger partial charge in [0.1, 0.15) is 0 Å². The van der Waals surface area contributed by atoms with E-state index in [-0.39, 0.29) is 18.1 Å². The van der Waals surface area contributed by atoms with Gasteiger partial charge in [-0.15, -0.1) is 0 Å². The van der Waals surface area contributed by atoms with Crippen LogP contribution in [0.3, 0.4) is 0 Å². The fourth-order valence-corrected chi connectivity index (χ4v) is 1.44. The van der Waals surface area contributed by atoms with Crippen molar-refractivity contribution in [3.63, 3.8) is 0 Å². The van der Waals surface area contributed by atoms with Crippen LogP contribution in [0.4, 0.5) is 14.6 Å². The fraction of sp³-hybridized carbons (Fsp3) is 0.0833. The van der Waals surface area contributed by atoms with Crippen LogP contribution < -0.4 is 11.1 Å². The first kappa shape index (κ1) is 12.9. The number of nitrogens with two attached hydrogens (primary N) is 1. The molecule has 2 rings (SSSR count). The number of nitrogens with zero attached hydrogens (tertiary/aromatic N) is 2. The molecule has 0 saturated carbocycles. The first-order chi connectivity index (χ1) is 9.08. The minimum Gasteiger partial charge on any atom is -0.382 e. The molecule has 0 radical (unpaired) electrons. The van der Waals surface area contributed by atoms with Crippen molar-refractivity contribution in [1.82, 2.24) is 15.3 Å². The maximum Gasteiger partial charge on any atom is 0.273 e. The molecule has 0 fully saturated rings. The van der Waals surface area contributed by atoms with Crippen molar-refractivity contribution in [1.29, 1.82) is 0 Å². The highest BCUT2D eigenvalue weighted by atomic mass is 19.2. The van der Waals surface area contributed by atoms with Crippen molar-refractivity contribution in [2.24, 2.45) is 0 Å². The molecule has 0 atom stereocenters.